The van der Waals surface area contributed by atoms with Gasteiger partial charge in [0.15, 0.2) is 0 Å². The average molecular weight is 242 g/mol. The molecule has 16 heavy (non-hydrogen) atoms. The van der Waals surface area contributed by atoms with Gasteiger partial charge in [-0.2, -0.15) is 11.8 Å². The van der Waals surface area contributed by atoms with Gasteiger partial charge in [0, 0.05) is 12.3 Å². The average Bonchev–Trinajstić information content (AvgIpc) is 2.27. The van der Waals surface area contributed by atoms with Crippen molar-refractivity contribution in [2.45, 2.75) is 46.0 Å². The smallest absolute Gasteiger partial charge is 0.00693 e. The maximum Gasteiger partial charge on any atom is 0.00693 e. The fourth-order valence-corrected chi connectivity index (χ4v) is 3.58. The summed E-state index contributed by atoms with van der Waals surface area (Å²) in [6, 6.07) is 0. The van der Waals surface area contributed by atoms with Crippen LogP contribution in [0.2, 0.25) is 0 Å². The second-order valence-electron chi connectivity index (χ2n) is 5.28. The van der Waals surface area contributed by atoms with Crippen LogP contribution in [0.4, 0.5) is 0 Å². The summed E-state index contributed by atoms with van der Waals surface area (Å²) < 4.78 is 0. The molecule has 0 atom stereocenters. The molecule has 0 spiro atoms. The molecule has 0 saturated heterocycles. The number of hydrogen-bond donors (Lipinski definition) is 0. The van der Waals surface area contributed by atoms with Crippen molar-refractivity contribution >= 4 is 11.8 Å². The fourth-order valence-electron chi connectivity index (χ4n) is 2.30. The van der Waals surface area contributed by atoms with E-state index in [2.05, 4.69) is 37.6 Å². The maximum absolute atomic E-state index is 2.45. The van der Waals surface area contributed by atoms with Crippen LogP contribution in [0.5, 0.6) is 0 Å². The first kappa shape index (κ1) is 14.4. The van der Waals surface area contributed by atoms with E-state index in [0.29, 0.717) is 0 Å². The van der Waals surface area contributed by atoms with E-state index in [9.17, 15) is 0 Å². The molecule has 1 aliphatic carbocycles. The van der Waals surface area contributed by atoms with E-state index in [0.717, 1.165) is 5.92 Å². The minimum absolute atomic E-state index is 1.00. The third kappa shape index (κ3) is 6.15. The van der Waals surface area contributed by atoms with Crippen molar-refractivity contribution in [1.82, 2.24) is 4.90 Å². The zero-order valence-electron chi connectivity index (χ0n) is 11.3. The van der Waals surface area contributed by atoms with E-state index in [1.165, 1.54) is 56.7 Å². The molecule has 0 heterocycles. The maximum atomic E-state index is 2.45. The normalized spacial score (nSPS) is 19.5. The van der Waals surface area contributed by atoms with Gasteiger partial charge >= 0.3 is 0 Å². The first-order valence-corrected chi connectivity index (χ1v) is 7.95. The lowest BCUT2D eigenvalue weighted by Gasteiger charge is -2.25. The Kier molecular flexibility index (Phi) is 7.55. The highest BCUT2D eigenvalue weighted by Gasteiger charge is 2.17. The summed E-state index contributed by atoms with van der Waals surface area (Å²) in [5, 5.41) is 0. The van der Waals surface area contributed by atoms with Gasteiger partial charge in [0.25, 0.3) is 0 Å². The van der Waals surface area contributed by atoms with Crippen LogP contribution in [0.3, 0.4) is 0 Å². The van der Waals surface area contributed by atoms with Crippen molar-refractivity contribution in [2.24, 2.45) is 5.92 Å². The summed E-state index contributed by atoms with van der Waals surface area (Å²) in [4.78, 5) is 2.45. The molecule has 95 valence electrons. The molecule has 1 saturated carbocycles. The van der Waals surface area contributed by atoms with Gasteiger partial charge in [0.05, 0.1) is 0 Å². The number of rotatable bonds is 7. The first-order chi connectivity index (χ1) is 7.72. The van der Waals surface area contributed by atoms with Crippen LogP contribution in [0.15, 0.2) is 0 Å². The summed E-state index contributed by atoms with van der Waals surface area (Å²) in [5.74, 6) is 5.44. The fraction of sp³-hybridized carbons (Fsp3) is 0.929. The Bertz CT molecular complexity index is 164. The van der Waals surface area contributed by atoms with Crippen LogP contribution in [-0.2, 0) is 0 Å². The van der Waals surface area contributed by atoms with E-state index in [1.54, 1.807) is 5.92 Å². The molecule has 0 bridgehead atoms. The Morgan fingerprint density at radius 3 is 2.56 bits per heavy atom. The zero-order chi connectivity index (χ0) is 11.8. The quantitative estimate of drug-likeness (QED) is 0.624. The molecule has 2 heteroatoms. The van der Waals surface area contributed by atoms with E-state index in [1.807, 2.05) is 0 Å². The van der Waals surface area contributed by atoms with Crippen molar-refractivity contribution in [3.63, 3.8) is 0 Å². The lowest BCUT2D eigenvalue weighted by molar-refractivity contribution is 0.356. The molecule has 0 aliphatic heterocycles. The van der Waals surface area contributed by atoms with Crippen LogP contribution in [0.1, 0.15) is 46.0 Å². The minimum atomic E-state index is 1.00. The molecule has 0 aromatic carbocycles. The topological polar surface area (TPSA) is 3.24 Å². The van der Waals surface area contributed by atoms with Crippen molar-refractivity contribution in [3.8, 4) is 0 Å². The largest absolute Gasteiger partial charge is 0.306 e. The highest BCUT2D eigenvalue weighted by molar-refractivity contribution is 7.99. The molecule has 0 unspecified atom stereocenters. The number of thioether (sulfide) groups is 1. The van der Waals surface area contributed by atoms with E-state index < -0.39 is 0 Å². The number of hydrogen-bond acceptors (Lipinski definition) is 2. The standard InChI is InChI=1S/C14H28NS/c1-4-9-15(3)10-11-16-12-14-7-5-13(2)6-8-14/h14H,4-12H2,1-3H3. The van der Waals surface area contributed by atoms with Gasteiger partial charge in [-0.15, -0.1) is 0 Å². The van der Waals surface area contributed by atoms with Gasteiger partial charge in [-0.05, 0) is 63.3 Å². The SMILES string of the molecule is CCCN(C)CCSCC1CC[C](C)CC1. The Labute approximate surface area is 106 Å². The van der Waals surface area contributed by atoms with Gasteiger partial charge < -0.3 is 4.90 Å². The Hall–Kier alpha value is 0.310. The van der Waals surface area contributed by atoms with Gasteiger partial charge in [-0.25, -0.2) is 0 Å². The molecule has 0 aromatic heterocycles. The van der Waals surface area contributed by atoms with Crippen LogP contribution in [0, 0.1) is 11.8 Å². The summed E-state index contributed by atoms with van der Waals surface area (Å²) in [5.41, 5.74) is 0. The Morgan fingerprint density at radius 1 is 1.25 bits per heavy atom. The van der Waals surface area contributed by atoms with Crippen molar-refractivity contribution in [3.05, 3.63) is 5.92 Å². The van der Waals surface area contributed by atoms with Crippen molar-refractivity contribution in [1.29, 1.82) is 0 Å². The molecule has 0 amide bonds. The van der Waals surface area contributed by atoms with Crippen molar-refractivity contribution in [2.75, 3.05) is 31.6 Å². The van der Waals surface area contributed by atoms with E-state index in [4.69, 9.17) is 0 Å². The molecule has 1 aliphatic rings. The van der Waals surface area contributed by atoms with Crippen LogP contribution in [0.25, 0.3) is 0 Å². The Morgan fingerprint density at radius 2 is 1.94 bits per heavy atom. The summed E-state index contributed by atoms with van der Waals surface area (Å²) >= 11 is 2.16. The second kappa shape index (κ2) is 8.41. The predicted molar refractivity (Wildman–Crippen MR) is 76.0 cm³/mol. The van der Waals surface area contributed by atoms with E-state index in [-0.39, 0.29) is 0 Å². The van der Waals surface area contributed by atoms with Crippen LogP contribution < -0.4 is 0 Å². The molecular weight excluding hydrogens is 214 g/mol. The van der Waals surface area contributed by atoms with Crippen LogP contribution in [-0.4, -0.2) is 36.5 Å². The predicted octanol–water partition coefficient (Wildman–Crippen LogP) is 3.85. The molecule has 1 rings (SSSR count). The summed E-state index contributed by atoms with van der Waals surface area (Å²) in [6.07, 6.45) is 6.95. The lowest BCUT2D eigenvalue weighted by Crippen LogP contribution is -2.22. The molecule has 0 aromatic rings. The van der Waals surface area contributed by atoms with Gasteiger partial charge in [0.1, 0.15) is 0 Å². The second-order valence-corrected chi connectivity index (χ2v) is 6.43. The minimum Gasteiger partial charge on any atom is -0.306 e. The summed E-state index contributed by atoms with van der Waals surface area (Å²) in [6.45, 7) is 7.09. The third-order valence-corrected chi connectivity index (χ3v) is 4.71. The third-order valence-electron chi connectivity index (χ3n) is 3.53. The molecule has 1 nitrogen and oxygen atoms in total. The number of nitrogens with zero attached hydrogens (tertiary/aromatic N) is 1. The molecule has 0 N–H and O–H groups in total. The molecular formula is C14H28NS. The zero-order valence-corrected chi connectivity index (χ0v) is 12.1. The Balaban J connectivity index is 1.95. The van der Waals surface area contributed by atoms with Crippen LogP contribution >= 0.6 is 11.8 Å². The monoisotopic (exact) mass is 242 g/mol. The molecule has 1 fully saturated rings. The highest BCUT2D eigenvalue weighted by atomic mass is 32.2. The van der Waals surface area contributed by atoms with Gasteiger partial charge in [-0.3, -0.25) is 0 Å². The summed E-state index contributed by atoms with van der Waals surface area (Å²) in [7, 11) is 2.24. The molecule has 1 radical (unpaired) electrons. The van der Waals surface area contributed by atoms with Crippen molar-refractivity contribution < 1.29 is 0 Å². The highest BCUT2D eigenvalue weighted by Crippen LogP contribution is 2.31. The van der Waals surface area contributed by atoms with Gasteiger partial charge in [0.2, 0.25) is 0 Å². The van der Waals surface area contributed by atoms with Gasteiger partial charge in [-0.1, -0.05) is 13.8 Å². The lowest BCUT2D eigenvalue weighted by atomic mass is 9.84. The van der Waals surface area contributed by atoms with E-state index >= 15 is 0 Å². The first-order valence-electron chi connectivity index (χ1n) is 6.80.